The number of nitrogens with zero attached hydrogens (tertiary/aromatic N) is 2. The Balaban J connectivity index is 3.60. The summed E-state index contributed by atoms with van der Waals surface area (Å²) >= 11 is 0. The van der Waals surface area contributed by atoms with Crippen molar-refractivity contribution >= 4 is 5.97 Å². The molecule has 0 rings (SSSR count). The molecule has 0 heterocycles. The molecule has 0 saturated carbocycles. The summed E-state index contributed by atoms with van der Waals surface area (Å²) in [7, 11) is 0. The van der Waals surface area contributed by atoms with E-state index >= 15 is 0 Å². The SMILES string of the molecule is CC(CCCC(=O)OCCC(O)[N+](=O)[O-])O[N+](=O)[O-]. The van der Waals surface area contributed by atoms with Gasteiger partial charge in [0.05, 0.1) is 11.3 Å². The molecule has 0 aromatic carbocycles. The third-order valence-electron chi connectivity index (χ3n) is 2.14. The molecule has 0 fully saturated rings. The zero-order valence-electron chi connectivity index (χ0n) is 10.4. The van der Waals surface area contributed by atoms with E-state index in [4.69, 9.17) is 5.11 Å². The molecule has 10 heteroatoms. The average Bonchev–Trinajstić information content (AvgIpc) is 2.27. The summed E-state index contributed by atoms with van der Waals surface area (Å²) < 4.78 is 4.65. The summed E-state index contributed by atoms with van der Waals surface area (Å²) in [4.78, 5) is 34.5. The van der Waals surface area contributed by atoms with Crippen LogP contribution in [0.3, 0.4) is 0 Å². The van der Waals surface area contributed by atoms with Crippen molar-refractivity contribution in [3.8, 4) is 0 Å². The normalized spacial score (nSPS) is 13.4. The molecule has 0 bridgehead atoms. The lowest BCUT2D eigenvalue weighted by molar-refractivity contribution is -0.767. The minimum atomic E-state index is -1.75. The molecule has 10 nitrogen and oxygen atoms in total. The zero-order valence-corrected chi connectivity index (χ0v) is 10.4. The van der Waals surface area contributed by atoms with Crippen molar-refractivity contribution in [2.75, 3.05) is 6.61 Å². The van der Waals surface area contributed by atoms with Gasteiger partial charge in [-0.15, -0.1) is 10.1 Å². The zero-order chi connectivity index (χ0) is 14.8. The molecule has 2 atom stereocenters. The summed E-state index contributed by atoms with van der Waals surface area (Å²) in [5.74, 6) is -0.580. The number of aliphatic hydroxyl groups excluding tert-OH is 1. The van der Waals surface area contributed by atoms with Crippen LogP contribution in [0.2, 0.25) is 0 Å². The van der Waals surface area contributed by atoms with Crippen molar-refractivity contribution in [1.82, 2.24) is 0 Å². The van der Waals surface area contributed by atoms with Gasteiger partial charge in [0, 0.05) is 6.42 Å². The highest BCUT2D eigenvalue weighted by molar-refractivity contribution is 5.69. The maximum atomic E-state index is 11.1. The van der Waals surface area contributed by atoms with Gasteiger partial charge in [-0.05, 0) is 19.8 Å². The molecule has 0 radical (unpaired) electrons. The monoisotopic (exact) mass is 280 g/mol. The first-order chi connectivity index (χ1) is 8.82. The number of hydrogen-bond donors (Lipinski definition) is 1. The van der Waals surface area contributed by atoms with Gasteiger partial charge in [-0.2, -0.15) is 0 Å². The van der Waals surface area contributed by atoms with Crippen molar-refractivity contribution < 1.29 is 29.5 Å². The largest absolute Gasteiger partial charge is 0.465 e. The van der Waals surface area contributed by atoms with E-state index in [0.717, 1.165) is 0 Å². The lowest BCUT2D eigenvalue weighted by Crippen LogP contribution is -2.21. The Kier molecular flexibility index (Phi) is 8.09. The van der Waals surface area contributed by atoms with Crippen LogP contribution in [-0.2, 0) is 14.4 Å². The molecule has 2 unspecified atom stereocenters. The molecule has 0 amide bonds. The van der Waals surface area contributed by atoms with E-state index < -0.39 is 28.3 Å². The molecular formula is C9H16N2O8. The molecule has 110 valence electrons. The number of ether oxygens (including phenoxy) is 1. The molecule has 0 spiro atoms. The predicted octanol–water partition coefficient (Wildman–Crippen LogP) is 0.282. The van der Waals surface area contributed by atoms with Crippen LogP contribution in [0.5, 0.6) is 0 Å². The Morgan fingerprint density at radius 1 is 1.32 bits per heavy atom. The van der Waals surface area contributed by atoms with Crippen molar-refractivity contribution in [3.05, 3.63) is 20.2 Å². The van der Waals surface area contributed by atoms with Gasteiger partial charge in [-0.25, -0.2) is 0 Å². The van der Waals surface area contributed by atoms with Crippen LogP contribution >= 0.6 is 0 Å². The summed E-state index contributed by atoms with van der Waals surface area (Å²) in [6.45, 7) is 1.25. The first-order valence-electron chi connectivity index (χ1n) is 5.61. The third kappa shape index (κ3) is 9.71. The van der Waals surface area contributed by atoms with Crippen LogP contribution < -0.4 is 0 Å². The van der Waals surface area contributed by atoms with Crippen molar-refractivity contribution in [2.45, 2.75) is 44.9 Å². The van der Waals surface area contributed by atoms with Crippen LogP contribution in [0.4, 0.5) is 0 Å². The fourth-order valence-corrected chi connectivity index (χ4v) is 1.19. The van der Waals surface area contributed by atoms with Crippen molar-refractivity contribution in [1.29, 1.82) is 0 Å². The fraction of sp³-hybridized carbons (Fsp3) is 0.889. The van der Waals surface area contributed by atoms with E-state index in [9.17, 15) is 25.0 Å². The maximum Gasteiger partial charge on any atom is 0.316 e. The lowest BCUT2D eigenvalue weighted by atomic mass is 10.2. The van der Waals surface area contributed by atoms with Gasteiger partial charge in [0.15, 0.2) is 0 Å². The second kappa shape index (κ2) is 9.03. The third-order valence-corrected chi connectivity index (χ3v) is 2.14. The Labute approximate surface area is 108 Å². The van der Waals surface area contributed by atoms with E-state index in [0.29, 0.717) is 12.8 Å². The molecule has 0 aliphatic heterocycles. The highest BCUT2D eigenvalue weighted by Gasteiger charge is 2.16. The molecule has 19 heavy (non-hydrogen) atoms. The first-order valence-corrected chi connectivity index (χ1v) is 5.61. The quantitative estimate of drug-likeness (QED) is 0.260. The van der Waals surface area contributed by atoms with Crippen LogP contribution in [0.15, 0.2) is 0 Å². The summed E-state index contributed by atoms with van der Waals surface area (Å²) in [5, 5.41) is 27.9. The summed E-state index contributed by atoms with van der Waals surface area (Å²) in [6.07, 6.45) is -1.96. The van der Waals surface area contributed by atoms with Gasteiger partial charge in [-0.3, -0.25) is 14.9 Å². The highest BCUT2D eigenvalue weighted by atomic mass is 17.0. The average molecular weight is 280 g/mol. The van der Waals surface area contributed by atoms with Gasteiger partial charge in [-0.1, -0.05) is 0 Å². The Morgan fingerprint density at radius 2 is 1.95 bits per heavy atom. The number of aliphatic hydroxyl groups is 1. The summed E-state index contributed by atoms with van der Waals surface area (Å²) in [6, 6.07) is 0. The molecule has 0 aliphatic carbocycles. The first kappa shape index (κ1) is 17.0. The van der Waals surface area contributed by atoms with E-state index in [1.54, 1.807) is 0 Å². The van der Waals surface area contributed by atoms with Crippen LogP contribution in [0.25, 0.3) is 0 Å². The minimum Gasteiger partial charge on any atom is -0.465 e. The Bertz CT molecular complexity index is 321. The Morgan fingerprint density at radius 3 is 2.47 bits per heavy atom. The number of rotatable bonds is 10. The number of esters is 1. The number of carbonyl (C=O) groups is 1. The van der Waals surface area contributed by atoms with Gasteiger partial charge in [0.2, 0.25) is 0 Å². The highest BCUT2D eigenvalue weighted by Crippen LogP contribution is 2.06. The molecule has 0 aromatic heterocycles. The standard InChI is InChI=1S/C9H16N2O8/c1-7(19-11(16)17)3-2-4-9(13)18-6-5-8(12)10(14)15/h7-8,12H,2-6H2,1H3. The van der Waals surface area contributed by atoms with Gasteiger partial charge in [0.1, 0.15) is 12.7 Å². The molecule has 0 saturated heterocycles. The van der Waals surface area contributed by atoms with Crippen molar-refractivity contribution in [3.63, 3.8) is 0 Å². The number of carbonyl (C=O) groups excluding carboxylic acids is 1. The topological polar surface area (TPSA) is 142 Å². The summed E-state index contributed by atoms with van der Waals surface area (Å²) in [5.41, 5.74) is 0. The van der Waals surface area contributed by atoms with Gasteiger partial charge >= 0.3 is 12.2 Å². The smallest absolute Gasteiger partial charge is 0.316 e. The van der Waals surface area contributed by atoms with Crippen molar-refractivity contribution in [2.24, 2.45) is 0 Å². The van der Waals surface area contributed by atoms with E-state index in [1.165, 1.54) is 6.92 Å². The predicted molar refractivity (Wildman–Crippen MR) is 60.0 cm³/mol. The number of hydrogen-bond acceptors (Lipinski definition) is 8. The second-order valence-electron chi connectivity index (χ2n) is 3.81. The van der Waals surface area contributed by atoms with E-state index in [2.05, 4.69) is 9.57 Å². The molecular weight excluding hydrogens is 264 g/mol. The van der Waals surface area contributed by atoms with E-state index in [-0.39, 0.29) is 19.4 Å². The van der Waals surface area contributed by atoms with Crippen LogP contribution in [-0.4, -0.2) is 40.0 Å². The van der Waals surface area contributed by atoms with Crippen LogP contribution in [0.1, 0.15) is 32.6 Å². The van der Waals surface area contributed by atoms with Crippen LogP contribution in [0, 0.1) is 20.2 Å². The minimum absolute atomic E-state index is 0.0278. The Hall–Kier alpha value is -1.97. The maximum absolute atomic E-state index is 11.1. The molecule has 1 N–H and O–H groups in total. The molecule has 0 aliphatic rings. The second-order valence-corrected chi connectivity index (χ2v) is 3.81. The lowest BCUT2D eigenvalue weighted by Gasteiger charge is -2.08. The van der Waals surface area contributed by atoms with E-state index in [1.807, 2.05) is 0 Å². The number of nitro groups is 1. The fourth-order valence-electron chi connectivity index (χ4n) is 1.19. The van der Waals surface area contributed by atoms with Gasteiger partial charge < -0.3 is 14.7 Å². The molecule has 0 aromatic rings. The van der Waals surface area contributed by atoms with Gasteiger partial charge in [0.25, 0.3) is 5.09 Å².